The maximum Gasteiger partial charge on any atom is 0.410 e. The van der Waals surface area contributed by atoms with E-state index in [1.807, 2.05) is 87.7 Å². The highest BCUT2D eigenvalue weighted by Crippen LogP contribution is 2.47. The molecule has 4 aromatic carbocycles. The van der Waals surface area contributed by atoms with Crippen molar-refractivity contribution in [2.45, 2.75) is 130 Å². The quantitative estimate of drug-likeness (QED) is 0.0957. The number of ether oxygens (including phenoxy) is 10. The molecule has 2 amide bonds. The summed E-state index contributed by atoms with van der Waals surface area (Å²) in [6.45, 7) is 25.7. The number of fused-ring (bicyclic) bond motifs is 4. The van der Waals surface area contributed by atoms with E-state index in [-0.39, 0.29) is 41.0 Å². The number of aromatic nitrogens is 8. The molecular weight excluding hydrogens is 1550 g/mol. The van der Waals surface area contributed by atoms with Crippen molar-refractivity contribution < 1.29 is 65.4 Å². The van der Waals surface area contributed by atoms with Crippen LogP contribution in [0.4, 0.5) is 27.0 Å². The van der Waals surface area contributed by atoms with Gasteiger partial charge >= 0.3 is 12.2 Å². The monoisotopic (exact) mass is 1660 g/mol. The molecule has 34 heteroatoms. The van der Waals surface area contributed by atoms with Crippen LogP contribution in [-0.2, 0) is 19.7 Å². The molecule has 116 heavy (non-hydrogen) atoms. The highest BCUT2D eigenvalue weighted by Gasteiger charge is 2.47. The number of carbonyl (C=O) groups is 2. The topological polar surface area (TPSA) is 333 Å². The van der Waals surface area contributed by atoms with Gasteiger partial charge in [-0.25, -0.2) is 54.6 Å². The van der Waals surface area contributed by atoms with E-state index in [4.69, 9.17) is 64.1 Å². The van der Waals surface area contributed by atoms with Gasteiger partial charge in [-0.3, -0.25) is 0 Å². The zero-order chi connectivity index (χ0) is 82.1. The minimum atomic E-state index is -3.61. The number of amides is 2. The Morgan fingerprint density at radius 1 is 0.388 bits per heavy atom. The zero-order valence-corrected chi connectivity index (χ0v) is 71.9. The minimum absolute atomic E-state index is 0. The smallest absolute Gasteiger partial charge is 0.410 e. The van der Waals surface area contributed by atoms with Gasteiger partial charge in [0.05, 0.1) is 78.9 Å². The third kappa shape index (κ3) is 20.5. The van der Waals surface area contributed by atoms with Crippen LogP contribution in [0, 0.1) is 21.7 Å². The standard InChI is InChI=1S/C23H32N4O4.C18H25N5O4S.C18H24N4O2.C13H24N2O2.C10H9ClN2O2.ClH/c1-22(2,3)31-21(28)27-11-8-23(14-27)6-9-26(10-7-23)20-16-12-18(29-4)19(30-5)13-17(16)24-15-25-20;1-26-15-9-13-14(10-16(15)27-2)20-12-21-17(13)22-6-3-18(4-7-22)5-8-23(11-18)28(19,24)25;1-23-15-9-13-14(10-16(15)24-2)20-12-21-17(13)22-7-4-18(5-8-22)3-6-19-11-18;1-12(2,3)17-11(16)15-9-6-13(10-15)4-7-14-8-5-13;1-14-8-3-6-7(4-9(8)15-2)12-5-13-10(6)11;/h12-13,15H,6-11,14H2,1-5H3;9-10,12H,3-8,11H2,1-2H3,(H2,19,24,25);9-10,12,19H,3-8,11H2,1-2H3;14H,4-10H2,1-3H3;3-5H,1-2H3;1H. The summed E-state index contributed by atoms with van der Waals surface area (Å²) in [4.78, 5) is 70.0. The van der Waals surface area contributed by atoms with Crippen LogP contribution in [0.5, 0.6) is 46.0 Å². The molecule has 12 heterocycles. The maximum atomic E-state index is 12.5. The first-order valence-corrected chi connectivity index (χ1v) is 41.4. The molecule has 0 atom stereocenters. The van der Waals surface area contributed by atoms with E-state index >= 15 is 0 Å². The molecule has 0 radical (unpaired) electrons. The number of nitrogens with two attached hydrogens (primary N) is 1. The summed E-state index contributed by atoms with van der Waals surface area (Å²) >= 11 is 5.93. The third-order valence-electron chi connectivity index (χ3n) is 23.8. The Balaban J connectivity index is 0.000000146. The van der Waals surface area contributed by atoms with E-state index in [1.165, 1.54) is 42.7 Å². The van der Waals surface area contributed by atoms with Gasteiger partial charge in [-0.1, -0.05) is 11.6 Å². The fourth-order valence-corrected chi connectivity index (χ4v) is 18.1. The first kappa shape index (κ1) is 87.8. The number of likely N-dealkylation sites (tertiary alicyclic amines) is 2. The van der Waals surface area contributed by atoms with Crippen molar-refractivity contribution in [3.63, 3.8) is 0 Å². The van der Waals surface area contributed by atoms with E-state index in [1.54, 1.807) is 88.0 Å². The lowest BCUT2D eigenvalue weighted by Crippen LogP contribution is -2.43. The molecule has 4 aromatic heterocycles. The van der Waals surface area contributed by atoms with Crippen LogP contribution in [0.15, 0.2) is 73.8 Å². The largest absolute Gasteiger partial charge is 0.493 e. The summed E-state index contributed by atoms with van der Waals surface area (Å²) in [6, 6.07) is 15.0. The number of hydrogen-bond donors (Lipinski definition) is 3. The highest BCUT2D eigenvalue weighted by molar-refractivity contribution is 7.86. The minimum Gasteiger partial charge on any atom is -0.493 e. The second kappa shape index (κ2) is 37.3. The molecule has 0 saturated carbocycles. The number of piperidine rings is 4. The molecule has 16 rings (SSSR count). The highest BCUT2D eigenvalue weighted by atomic mass is 35.5. The number of hydrogen-bond acceptors (Lipinski definition) is 27. The van der Waals surface area contributed by atoms with Crippen molar-refractivity contribution in [1.82, 2.24) is 64.6 Å². The summed E-state index contributed by atoms with van der Waals surface area (Å²) in [6.07, 6.45) is 18.8. The lowest BCUT2D eigenvalue weighted by molar-refractivity contribution is 0.0256. The molecule has 8 fully saturated rings. The summed E-state index contributed by atoms with van der Waals surface area (Å²) < 4.78 is 78.6. The Morgan fingerprint density at radius 3 is 1.00 bits per heavy atom. The van der Waals surface area contributed by atoms with E-state index < -0.39 is 15.8 Å². The van der Waals surface area contributed by atoms with Crippen LogP contribution >= 0.6 is 24.0 Å². The molecule has 8 aliphatic heterocycles. The van der Waals surface area contributed by atoms with Gasteiger partial charge in [-0.15, -0.1) is 12.4 Å². The summed E-state index contributed by atoms with van der Waals surface area (Å²) in [5.41, 5.74) is 3.43. The fraction of sp³-hybridized carbons (Fsp3) is 0.585. The molecule has 8 saturated heterocycles. The van der Waals surface area contributed by atoms with Crippen molar-refractivity contribution in [3.8, 4) is 46.0 Å². The zero-order valence-electron chi connectivity index (χ0n) is 69.5. The molecule has 31 nitrogen and oxygen atoms in total. The Kier molecular flexibility index (Phi) is 28.2. The van der Waals surface area contributed by atoms with Crippen LogP contribution in [0.2, 0.25) is 5.15 Å². The van der Waals surface area contributed by atoms with E-state index in [0.717, 1.165) is 203 Å². The summed E-state index contributed by atoms with van der Waals surface area (Å²) in [5.74, 6) is 8.03. The number of methoxy groups -OCH3 is 8. The molecule has 0 unspecified atom stereocenters. The number of nitrogens with zero attached hydrogens (tertiary/aromatic N) is 14. The normalized spacial score (nSPS) is 18.7. The molecular formula is C82H115Cl2N17O14S. The van der Waals surface area contributed by atoms with Crippen LogP contribution < -0.4 is 68.4 Å². The van der Waals surface area contributed by atoms with Crippen molar-refractivity contribution in [1.29, 1.82) is 0 Å². The maximum absolute atomic E-state index is 12.5. The van der Waals surface area contributed by atoms with Gasteiger partial charge in [-0.2, -0.15) is 12.7 Å². The molecule has 0 bridgehead atoms. The summed E-state index contributed by atoms with van der Waals surface area (Å²) in [5, 5.41) is 16.3. The Labute approximate surface area is 691 Å². The molecule has 8 aliphatic rings. The SMILES string of the molecule is CC(C)(C)OC(=O)N1CCC2(CCNCC2)C1.COc1cc2ncnc(Cl)c2cc1OC.COc1cc2ncnc(N3CCC4(CC3)CCN(S(N)(=O)=O)C4)c2cc1OC.COc1cc2ncnc(N3CCC4(CCN(C(=O)OC(C)(C)C)C4)CC3)c2cc1OC.COc1cc2ncnc(N3CCC4(CCNC4)CC3)c2cc1OC.Cl. The first-order valence-electron chi connectivity index (χ1n) is 39.5. The molecule has 4 N–H and O–H groups in total. The molecule has 0 aliphatic carbocycles. The third-order valence-corrected chi connectivity index (χ3v) is 25.1. The van der Waals surface area contributed by atoms with Crippen LogP contribution in [0.3, 0.4) is 0 Å². The number of nitrogens with one attached hydrogen (secondary N) is 2. The van der Waals surface area contributed by atoms with E-state index in [0.29, 0.717) is 69.3 Å². The lowest BCUT2D eigenvalue weighted by atomic mass is 9.78. The van der Waals surface area contributed by atoms with Gasteiger partial charge in [-0.05, 0) is 184 Å². The number of rotatable bonds is 12. The van der Waals surface area contributed by atoms with Crippen molar-refractivity contribution in [2.75, 3.05) is 176 Å². The molecule has 4 spiro atoms. The predicted octanol–water partition coefficient (Wildman–Crippen LogP) is 12.0. The van der Waals surface area contributed by atoms with Crippen LogP contribution in [0.25, 0.3) is 43.6 Å². The van der Waals surface area contributed by atoms with Crippen LogP contribution in [-0.4, -0.2) is 247 Å². The second-order valence-electron chi connectivity index (χ2n) is 33.2. The molecule has 8 aromatic rings. The van der Waals surface area contributed by atoms with Gasteiger partial charge in [0, 0.05) is 131 Å². The number of carbonyl (C=O) groups excluding carboxylic acids is 2. The Bertz CT molecular complexity index is 4830. The van der Waals surface area contributed by atoms with E-state index in [2.05, 4.69) is 65.2 Å². The average Bonchev–Trinajstić information content (AvgIpc) is 1.66. The van der Waals surface area contributed by atoms with Crippen LogP contribution in [0.1, 0.15) is 119 Å². The Morgan fingerprint density at radius 2 is 0.672 bits per heavy atom. The van der Waals surface area contributed by atoms with Gasteiger partial charge in [0.25, 0.3) is 10.2 Å². The van der Waals surface area contributed by atoms with Crippen molar-refractivity contribution >= 4 is 107 Å². The Hall–Kier alpha value is -9.05. The second-order valence-corrected chi connectivity index (χ2v) is 35.1. The summed E-state index contributed by atoms with van der Waals surface area (Å²) in [7, 11) is 9.30. The van der Waals surface area contributed by atoms with Crippen molar-refractivity contribution in [2.24, 2.45) is 26.8 Å². The van der Waals surface area contributed by atoms with Crippen molar-refractivity contribution in [3.05, 3.63) is 79.0 Å². The lowest BCUT2D eigenvalue weighted by Gasteiger charge is -2.40. The van der Waals surface area contributed by atoms with E-state index in [9.17, 15) is 18.0 Å². The number of benzene rings is 4. The number of halogens is 2. The van der Waals surface area contributed by atoms with Gasteiger partial charge in [0.1, 0.15) is 59.1 Å². The first-order chi connectivity index (χ1) is 55.0. The fourth-order valence-electron chi connectivity index (χ4n) is 17.1. The predicted molar refractivity (Wildman–Crippen MR) is 451 cm³/mol. The van der Waals surface area contributed by atoms with Gasteiger partial charge < -0.3 is 82.5 Å². The average molecular weight is 1670 g/mol. The molecule has 632 valence electrons. The van der Waals surface area contributed by atoms with Gasteiger partial charge in [0.15, 0.2) is 46.0 Å². The van der Waals surface area contributed by atoms with Gasteiger partial charge in [0.2, 0.25) is 0 Å². The number of anilines is 3.